The summed E-state index contributed by atoms with van der Waals surface area (Å²) in [4.78, 5) is 11.4. The molecule has 102 valence electrons. The van der Waals surface area contributed by atoms with E-state index in [1.165, 1.54) is 7.11 Å². The normalized spacial score (nSPS) is 11.4. The van der Waals surface area contributed by atoms with Crippen molar-refractivity contribution >= 4 is 32.2 Å². The van der Waals surface area contributed by atoms with Crippen molar-refractivity contribution in [2.45, 2.75) is 6.61 Å². The van der Waals surface area contributed by atoms with Gasteiger partial charge in [-0.05, 0) is 0 Å². The minimum atomic E-state index is -3.58. The van der Waals surface area contributed by atoms with Gasteiger partial charge in [0.1, 0.15) is 17.4 Å². The molecular weight excluding hydrogens is 282 g/mol. The van der Waals surface area contributed by atoms with Gasteiger partial charge in [0.25, 0.3) is 0 Å². The highest BCUT2D eigenvalue weighted by molar-refractivity contribution is 7.92. The molecule has 1 amide bonds. The van der Waals surface area contributed by atoms with Crippen LogP contribution in [0.15, 0.2) is 0 Å². The van der Waals surface area contributed by atoms with Gasteiger partial charge in [-0.15, -0.1) is 10.2 Å². The maximum absolute atomic E-state index is 11.4. The topological polar surface area (TPSA) is 118 Å². The molecule has 0 aliphatic heterocycles. The van der Waals surface area contributed by atoms with Crippen LogP contribution in [-0.4, -0.2) is 54.9 Å². The van der Waals surface area contributed by atoms with Gasteiger partial charge in [0.2, 0.25) is 11.0 Å². The van der Waals surface area contributed by atoms with Gasteiger partial charge in [-0.25, -0.2) is 8.42 Å². The molecule has 18 heavy (non-hydrogen) atoms. The Morgan fingerprint density at radius 1 is 1.50 bits per heavy atom. The van der Waals surface area contributed by atoms with Crippen LogP contribution < -0.4 is 5.32 Å². The molecule has 8 nitrogen and oxygen atoms in total. The Balaban J connectivity index is 2.54. The van der Waals surface area contributed by atoms with Gasteiger partial charge in [0.15, 0.2) is 9.84 Å². The minimum Gasteiger partial charge on any atom is -0.395 e. The first-order valence-corrected chi connectivity index (χ1v) is 7.53. The number of ether oxygens (including phenoxy) is 1. The number of rotatable bonds is 7. The van der Waals surface area contributed by atoms with Gasteiger partial charge in [0.05, 0.1) is 12.4 Å². The van der Waals surface area contributed by atoms with E-state index in [2.05, 4.69) is 15.5 Å². The molecule has 1 heterocycles. The third kappa shape index (κ3) is 5.04. The predicted molar refractivity (Wildman–Crippen MR) is 65.0 cm³/mol. The van der Waals surface area contributed by atoms with Gasteiger partial charge < -0.3 is 9.84 Å². The minimum absolute atomic E-state index is 0.214. The van der Waals surface area contributed by atoms with Crippen LogP contribution >= 0.6 is 11.3 Å². The number of amides is 1. The molecule has 0 saturated carbocycles. The lowest BCUT2D eigenvalue weighted by atomic mass is 10.7. The third-order valence-corrected chi connectivity index (χ3v) is 4.05. The molecular formula is C8H13N3O5S2. The Morgan fingerprint density at radius 3 is 2.83 bits per heavy atom. The van der Waals surface area contributed by atoms with Crippen molar-refractivity contribution in [2.24, 2.45) is 0 Å². The fourth-order valence-corrected chi connectivity index (χ4v) is 2.67. The van der Waals surface area contributed by atoms with E-state index in [0.717, 1.165) is 11.3 Å². The van der Waals surface area contributed by atoms with E-state index in [0.29, 0.717) is 5.01 Å². The Morgan fingerprint density at radius 2 is 2.22 bits per heavy atom. The zero-order chi connectivity index (χ0) is 13.6. The third-order valence-electron chi connectivity index (χ3n) is 1.73. The zero-order valence-electron chi connectivity index (χ0n) is 9.62. The number of sulfone groups is 1. The van der Waals surface area contributed by atoms with Crippen molar-refractivity contribution in [3.8, 4) is 0 Å². The summed E-state index contributed by atoms with van der Waals surface area (Å²) in [5.74, 6) is -1.83. The molecule has 0 bridgehead atoms. The van der Waals surface area contributed by atoms with Crippen molar-refractivity contribution in [1.82, 2.24) is 10.2 Å². The molecule has 0 aliphatic carbocycles. The second kappa shape index (κ2) is 6.73. The number of methoxy groups -OCH3 is 1. The number of aliphatic hydroxyl groups is 1. The number of carbonyl (C=O) groups excluding carboxylic acids is 1. The van der Waals surface area contributed by atoms with Crippen molar-refractivity contribution in [2.75, 3.05) is 30.5 Å². The summed E-state index contributed by atoms with van der Waals surface area (Å²) in [6.07, 6.45) is 0. The highest BCUT2D eigenvalue weighted by atomic mass is 32.2. The first-order valence-electron chi connectivity index (χ1n) is 4.89. The maximum atomic E-state index is 11.4. The first-order chi connectivity index (χ1) is 8.46. The molecule has 2 N–H and O–H groups in total. The van der Waals surface area contributed by atoms with Crippen molar-refractivity contribution < 1.29 is 23.1 Å². The van der Waals surface area contributed by atoms with Crippen LogP contribution in [0.2, 0.25) is 0 Å². The van der Waals surface area contributed by atoms with Crippen LogP contribution in [0.5, 0.6) is 0 Å². The van der Waals surface area contributed by atoms with E-state index in [4.69, 9.17) is 9.84 Å². The average Bonchev–Trinajstić information content (AvgIpc) is 2.64. The van der Waals surface area contributed by atoms with E-state index in [9.17, 15) is 13.2 Å². The van der Waals surface area contributed by atoms with E-state index in [-0.39, 0.29) is 11.7 Å². The molecule has 0 atom stereocenters. The van der Waals surface area contributed by atoms with E-state index >= 15 is 0 Å². The molecule has 0 aliphatic rings. The summed E-state index contributed by atoms with van der Waals surface area (Å²) in [7, 11) is -2.08. The van der Waals surface area contributed by atoms with Crippen LogP contribution in [-0.2, 0) is 26.0 Å². The lowest BCUT2D eigenvalue weighted by Gasteiger charge is -2.01. The van der Waals surface area contributed by atoms with Crippen LogP contribution in [0.25, 0.3) is 0 Å². The Bertz CT molecular complexity index is 499. The molecule has 1 aromatic rings. The van der Waals surface area contributed by atoms with Crippen LogP contribution in [0.3, 0.4) is 0 Å². The summed E-state index contributed by atoms with van der Waals surface area (Å²) >= 11 is 1.10. The molecule has 10 heteroatoms. The number of nitrogens with one attached hydrogen (secondary N) is 1. The predicted octanol–water partition coefficient (Wildman–Crippen LogP) is -0.970. The fraction of sp³-hybridized carbons (Fsp3) is 0.625. The van der Waals surface area contributed by atoms with Gasteiger partial charge >= 0.3 is 0 Å². The molecule has 1 aromatic heterocycles. The van der Waals surface area contributed by atoms with Crippen LogP contribution in [0.4, 0.5) is 5.13 Å². The van der Waals surface area contributed by atoms with Gasteiger partial charge in [0, 0.05) is 7.11 Å². The first kappa shape index (κ1) is 15.0. The average molecular weight is 295 g/mol. The molecule has 0 aromatic carbocycles. The second-order valence-electron chi connectivity index (χ2n) is 3.30. The highest BCUT2D eigenvalue weighted by Gasteiger charge is 2.17. The van der Waals surface area contributed by atoms with Crippen LogP contribution in [0.1, 0.15) is 5.01 Å². The van der Waals surface area contributed by atoms with Gasteiger partial charge in [-0.2, -0.15) is 0 Å². The number of hydrogen-bond acceptors (Lipinski definition) is 8. The second-order valence-corrected chi connectivity index (χ2v) is 6.54. The number of nitrogens with zero attached hydrogens (tertiary/aromatic N) is 2. The number of aromatic nitrogens is 2. The zero-order valence-corrected chi connectivity index (χ0v) is 11.3. The highest BCUT2D eigenvalue weighted by Crippen LogP contribution is 2.15. The Kier molecular flexibility index (Phi) is 5.59. The largest absolute Gasteiger partial charge is 0.395 e. The summed E-state index contributed by atoms with van der Waals surface area (Å²) in [6.45, 7) is -0.233. The van der Waals surface area contributed by atoms with Crippen molar-refractivity contribution in [3.05, 3.63) is 5.01 Å². The lowest BCUT2D eigenvalue weighted by molar-refractivity contribution is -0.113. The van der Waals surface area contributed by atoms with E-state index in [1.54, 1.807) is 0 Å². The van der Waals surface area contributed by atoms with Gasteiger partial charge in [-0.1, -0.05) is 11.3 Å². The van der Waals surface area contributed by atoms with Crippen LogP contribution in [0, 0.1) is 0 Å². The molecule has 1 rings (SSSR count). The molecule has 0 spiro atoms. The van der Waals surface area contributed by atoms with E-state index in [1.807, 2.05) is 0 Å². The molecule has 0 fully saturated rings. The van der Waals surface area contributed by atoms with Crippen molar-refractivity contribution in [3.63, 3.8) is 0 Å². The summed E-state index contributed by atoms with van der Waals surface area (Å²) in [5, 5.41) is 19.0. The summed E-state index contributed by atoms with van der Waals surface area (Å²) < 4.78 is 27.4. The fourth-order valence-electron chi connectivity index (χ4n) is 1.05. The molecule has 0 saturated heterocycles. The van der Waals surface area contributed by atoms with Crippen molar-refractivity contribution in [1.29, 1.82) is 0 Å². The number of hydrogen-bond donors (Lipinski definition) is 2. The SMILES string of the molecule is COCc1nnc(NC(=O)CS(=O)(=O)CCO)s1. The summed E-state index contributed by atoms with van der Waals surface area (Å²) in [5.41, 5.74) is 0. The number of anilines is 1. The smallest absolute Gasteiger partial charge is 0.241 e. The maximum Gasteiger partial charge on any atom is 0.241 e. The van der Waals surface area contributed by atoms with Gasteiger partial charge in [-0.3, -0.25) is 10.1 Å². The lowest BCUT2D eigenvalue weighted by Crippen LogP contribution is -2.25. The standard InChI is InChI=1S/C8H13N3O5S2/c1-16-4-7-10-11-8(17-7)9-6(13)5-18(14,15)3-2-12/h12H,2-5H2,1H3,(H,9,11,13). The molecule has 0 radical (unpaired) electrons. The quantitative estimate of drug-likeness (QED) is 0.664. The monoisotopic (exact) mass is 295 g/mol. The molecule has 0 unspecified atom stereocenters. The van der Waals surface area contributed by atoms with E-state index < -0.39 is 33.9 Å². The number of carbonyl (C=O) groups is 1. The number of aliphatic hydroxyl groups excluding tert-OH is 1. The Labute approximate surface area is 108 Å². The summed E-state index contributed by atoms with van der Waals surface area (Å²) in [6, 6.07) is 0. The Hall–Kier alpha value is -1.10.